The summed E-state index contributed by atoms with van der Waals surface area (Å²) >= 11 is 0. The lowest BCUT2D eigenvalue weighted by Crippen LogP contribution is -2.48. The van der Waals surface area contributed by atoms with Crippen molar-refractivity contribution in [3.8, 4) is 0 Å². The number of likely N-dealkylation sites (N-methyl/N-ethyl adjacent to an activating group) is 1. The molecule has 1 aliphatic heterocycles. The number of nitrogens with one attached hydrogen (secondary N) is 1. The number of aryl methyl sites for hydroxylation is 1. The van der Waals surface area contributed by atoms with E-state index in [1.165, 1.54) is 9.21 Å². The largest absolute Gasteiger partial charge is 0.347 e. The Kier molecular flexibility index (Phi) is 5.61. The highest BCUT2D eigenvalue weighted by Crippen LogP contribution is 2.26. The van der Waals surface area contributed by atoms with Crippen LogP contribution in [0.1, 0.15) is 18.4 Å². The van der Waals surface area contributed by atoms with Gasteiger partial charge in [-0.2, -0.15) is 4.31 Å². The van der Waals surface area contributed by atoms with Crippen molar-refractivity contribution in [2.24, 2.45) is 0 Å². The maximum Gasteiger partial charge on any atom is 0.243 e. The summed E-state index contributed by atoms with van der Waals surface area (Å²) in [6.45, 7) is 2.04. The van der Waals surface area contributed by atoms with Crippen LogP contribution in [0.15, 0.2) is 29.2 Å². The van der Waals surface area contributed by atoms with Gasteiger partial charge in [0.2, 0.25) is 21.8 Å². The Morgan fingerprint density at radius 2 is 1.88 bits per heavy atom. The lowest BCUT2D eigenvalue weighted by atomic mass is 10.2. The molecule has 1 aliphatic rings. The molecule has 1 atom stereocenters. The molecule has 0 radical (unpaired) electrons. The normalized spacial score (nSPS) is 18.4. The maximum atomic E-state index is 12.8. The number of carbonyl (C=O) groups is 2. The Balaban J connectivity index is 2.13. The summed E-state index contributed by atoms with van der Waals surface area (Å²) in [6.07, 6.45) is 1.07. The van der Waals surface area contributed by atoms with Gasteiger partial charge in [0.25, 0.3) is 0 Å². The summed E-state index contributed by atoms with van der Waals surface area (Å²) < 4.78 is 26.8. The number of hydrogen-bond donors (Lipinski definition) is 1. The van der Waals surface area contributed by atoms with E-state index >= 15 is 0 Å². The maximum absolute atomic E-state index is 12.8. The second-order valence-electron chi connectivity index (χ2n) is 6.09. The first-order valence-corrected chi connectivity index (χ1v) is 9.24. The van der Waals surface area contributed by atoms with Gasteiger partial charge in [0.15, 0.2) is 0 Å². The summed E-state index contributed by atoms with van der Waals surface area (Å²) in [6, 6.07) is 5.79. The van der Waals surface area contributed by atoms with E-state index < -0.39 is 22.0 Å². The number of benzene rings is 1. The number of sulfonamides is 1. The quantitative estimate of drug-likeness (QED) is 0.828. The molecule has 0 bridgehead atoms. The third-order valence-corrected chi connectivity index (χ3v) is 5.97. The van der Waals surface area contributed by atoms with Crippen LogP contribution >= 0.6 is 0 Å². The Morgan fingerprint density at radius 3 is 2.46 bits per heavy atom. The molecule has 1 aromatic rings. The van der Waals surface area contributed by atoms with Gasteiger partial charge in [-0.1, -0.05) is 17.7 Å². The van der Waals surface area contributed by atoms with E-state index in [2.05, 4.69) is 5.32 Å². The van der Waals surface area contributed by atoms with Gasteiger partial charge in [-0.25, -0.2) is 8.42 Å². The van der Waals surface area contributed by atoms with Crippen molar-refractivity contribution < 1.29 is 18.0 Å². The molecule has 1 saturated heterocycles. The fourth-order valence-electron chi connectivity index (χ4n) is 2.57. The van der Waals surface area contributed by atoms with Gasteiger partial charge in [-0.05, 0) is 31.9 Å². The predicted molar refractivity (Wildman–Crippen MR) is 89.8 cm³/mol. The zero-order chi connectivity index (χ0) is 17.9. The lowest BCUT2D eigenvalue weighted by Gasteiger charge is -2.23. The van der Waals surface area contributed by atoms with E-state index in [9.17, 15) is 18.0 Å². The second-order valence-corrected chi connectivity index (χ2v) is 7.98. The van der Waals surface area contributed by atoms with E-state index in [4.69, 9.17) is 0 Å². The fraction of sp³-hybridized carbons (Fsp3) is 0.500. The highest BCUT2D eigenvalue weighted by molar-refractivity contribution is 7.89. The zero-order valence-electron chi connectivity index (χ0n) is 14.2. The molecule has 0 aliphatic carbocycles. The first kappa shape index (κ1) is 18.4. The molecule has 7 nitrogen and oxygen atoms in total. The van der Waals surface area contributed by atoms with Gasteiger partial charge in [0.05, 0.1) is 11.4 Å². The third kappa shape index (κ3) is 3.93. The van der Waals surface area contributed by atoms with Crippen LogP contribution in [0.3, 0.4) is 0 Å². The minimum atomic E-state index is -3.73. The molecule has 0 unspecified atom stereocenters. The Morgan fingerprint density at radius 1 is 1.25 bits per heavy atom. The molecule has 0 saturated carbocycles. The van der Waals surface area contributed by atoms with Crippen LogP contribution in [0.4, 0.5) is 0 Å². The van der Waals surface area contributed by atoms with Crippen LogP contribution in [0.5, 0.6) is 0 Å². The van der Waals surface area contributed by atoms with Gasteiger partial charge in [-0.3, -0.25) is 9.59 Å². The Bertz CT molecular complexity index is 713. The molecule has 1 heterocycles. The minimum absolute atomic E-state index is 0.138. The third-order valence-electron chi connectivity index (χ3n) is 4.05. The first-order valence-electron chi connectivity index (χ1n) is 7.80. The summed E-state index contributed by atoms with van der Waals surface area (Å²) in [5, 5.41) is 2.53. The number of carbonyl (C=O) groups excluding carboxylic acids is 2. The Hall–Kier alpha value is -1.93. The van der Waals surface area contributed by atoms with E-state index in [-0.39, 0.29) is 17.3 Å². The van der Waals surface area contributed by atoms with E-state index in [0.29, 0.717) is 19.4 Å². The zero-order valence-corrected chi connectivity index (χ0v) is 15.0. The number of amides is 2. The number of nitrogens with zero attached hydrogens (tertiary/aromatic N) is 2. The van der Waals surface area contributed by atoms with Crippen molar-refractivity contribution in [3.63, 3.8) is 0 Å². The Labute approximate surface area is 142 Å². The summed E-state index contributed by atoms with van der Waals surface area (Å²) in [7, 11) is -0.536. The average molecular weight is 353 g/mol. The van der Waals surface area contributed by atoms with Crippen molar-refractivity contribution in [1.29, 1.82) is 0 Å². The topological polar surface area (TPSA) is 86.8 Å². The van der Waals surface area contributed by atoms with Crippen LogP contribution < -0.4 is 5.32 Å². The molecular formula is C16H23N3O4S. The molecule has 1 fully saturated rings. The summed E-state index contributed by atoms with van der Waals surface area (Å²) in [5.74, 6) is -0.673. The predicted octanol–water partition coefficient (Wildman–Crippen LogP) is 0.353. The highest BCUT2D eigenvalue weighted by Gasteiger charge is 2.39. The molecule has 1 aromatic carbocycles. The van der Waals surface area contributed by atoms with Crippen molar-refractivity contribution in [3.05, 3.63) is 29.8 Å². The van der Waals surface area contributed by atoms with Crippen molar-refractivity contribution in [2.45, 2.75) is 30.7 Å². The molecule has 132 valence electrons. The molecule has 8 heteroatoms. The number of hydrogen-bond acceptors (Lipinski definition) is 4. The minimum Gasteiger partial charge on any atom is -0.347 e. The molecule has 1 N–H and O–H groups in total. The van der Waals surface area contributed by atoms with Gasteiger partial charge in [0.1, 0.15) is 6.04 Å². The SMILES string of the molecule is Cc1ccc(S(=O)(=O)N2CCC[C@H]2C(=O)NCC(=O)N(C)C)cc1. The molecule has 2 rings (SSSR count). The molecule has 2 amide bonds. The summed E-state index contributed by atoms with van der Waals surface area (Å²) in [4.78, 5) is 25.4. The molecule has 0 spiro atoms. The monoisotopic (exact) mass is 353 g/mol. The van der Waals surface area contributed by atoms with Crippen molar-refractivity contribution >= 4 is 21.8 Å². The molecule has 0 aromatic heterocycles. The lowest BCUT2D eigenvalue weighted by molar-refractivity contribution is -0.131. The smallest absolute Gasteiger partial charge is 0.243 e. The van der Waals surface area contributed by atoms with E-state index in [0.717, 1.165) is 5.56 Å². The van der Waals surface area contributed by atoms with Crippen LogP contribution in [0.2, 0.25) is 0 Å². The molecular weight excluding hydrogens is 330 g/mol. The fourth-order valence-corrected chi connectivity index (χ4v) is 4.23. The van der Waals surface area contributed by atoms with Crippen LogP contribution in [-0.4, -0.2) is 62.7 Å². The number of rotatable bonds is 5. The van der Waals surface area contributed by atoms with E-state index in [1.807, 2.05) is 6.92 Å². The molecule has 24 heavy (non-hydrogen) atoms. The van der Waals surface area contributed by atoms with E-state index in [1.54, 1.807) is 38.4 Å². The standard InChI is InChI=1S/C16H23N3O4S/c1-12-6-8-13(9-7-12)24(22,23)19-10-4-5-14(19)16(21)17-11-15(20)18(2)3/h6-9,14H,4-5,10-11H2,1-3H3,(H,17,21)/t14-/m0/s1. The van der Waals surface area contributed by atoms with Gasteiger partial charge < -0.3 is 10.2 Å². The van der Waals surface area contributed by atoms with Crippen molar-refractivity contribution in [2.75, 3.05) is 27.2 Å². The second kappa shape index (κ2) is 7.31. The van der Waals surface area contributed by atoms with Crippen LogP contribution in [0, 0.1) is 6.92 Å². The highest BCUT2D eigenvalue weighted by atomic mass is 32.2. The van der Waals surface area contributed by atoms with Crippen LogP contribution in [0.25, 0.3) is 0 Å². The van der Waals surface area contributed by atoms with Crippen molar-refractivity contribution in [1.82, 2.24) is 14.5 Å². The average Bonchev–Trinajstić information content (AvgIpc) is 3.03. The van der Waals surface area contributed by atoms with Gasteiger partial charge in [0, 0.05) is 20.6 Å². The van der Waals surface area contributed by atoms with Gasteiger partial charge in [-0.15, -0.1) is 0 Å². The van der Waals surface area contributed by atoms with Crippen LogP contribution in [-0.2, 0) is 19.6 Å². The van der Waals surface area contributed by atoms with Gasteiger partial charge >= 0.3 is 0 Å². The summed E-state index contributed by atoms with van der Waals surface area (Å²) in [5.41, 5.74) is 0.965. The first-order chi connectivity index (χ1) is 11.2.